The summed E-state index contributed by atoms with van der Waals surface area (Å²) < 4.78 is 4.84. The summed E-state index contributed by atoms with van der Waals surface area (Å²) in [6.07, 6.45) is 0.400. The Hall–Kier alpha value is -1.61. The molecule has 0 saturated carbocycles. The minimum Gasteiger partial charge on any atom is -0.383 e. The average molecular weight is 296 g/mol. The van der Waals surface area contributed by atoms with Crippen LogP contribution < -0.4 is 10.6 Å². The van der Waals surface area contributed by atoms with E-state index in [0.29, 0.717) is 43.2 Å². The van der Waals surface area contributed by atoms with Crippen LogP contribution in [0.5, 0.6) is 0 Å². The lowest BCUT2D eigenvalue weighted by Crippen LogP contribution is -2.29. The third-order valence-corrected chi connectivity index (χ3v) is 3.01. The van der Waals surface area contributed by atoms with E-state index in [2.05, 4.69) is 10.6 Å². The first-order valence-corrected chi connectivity index (χ1v) is 6.70. The van der Waals surface area contributed by atoms with Crippen LogP contribution in [-0.4, -0.2) is 32.7 Å². The van der Waals surface area contributed by atoms with Crippen molar-refractivity contribution in [1.82, 2.24) is 10.6 Å². The van der Waals surface area contributed by atoms with E-state index in [1.807, 2.05) is 12.1 Å². The highest BCUT2D eigenvalue weighted by Crippen LogP contribution is 2.17. The van der Waals surface area contributed by atoms with Crippen molar-refractivity contribution in [3.05, 3.63) is 34.3 Å². The summed E-state index contributed by atoms with van der Waals surface area (Å²) in [5.41, 5.74) is 1.45. The zero-order chi connectivity index (χ0) is 14.8. The van der Waals surface area contributed by atoms with Gasteiger partial charge in [0, 0.05) is 38.2 Å². The maximum Gasteiger partial charge on any atom is 0.221 e. The molecule has 0 radical (unpaired) electrons. The fourth-order valence-electron chi connectivity index (χ4n) is 1.57. The summed E-state index contributed by atoms with van der Waals surface area (Å²) >= 11 is 6.05. The van der Waals surface area contributed by atoms with Gasteiger partial charge in [0.05, 0.1) is 18.2 Å². The van der Waals surface area contributed by atoms with Gasteiger partial charge < -0.3 is 15.4 Å². The van der Waals surface area contributed by atoms with Crippen molar-refractivity contribution >= 4 is 17.5 Å². The number of benzene rings is 1. The minimum atomic E-state index is -0.0134. The summed E-state index contributed by atoms with van der Waals surface area (Å²) in [4.78, 5) is 11.4. The number of carbonyl (C=O) groups excluding carboxylic acids is 1. The van der Waals surface area contributed by atoms with Crippen molar-refractivity contribution in [2.45, 2.75) is 13.0 Å². The number of hydrogen-bond donors (Lipinski definition) is 2. The van der Waals surface area contributed by atoms with Crippen LogP contribution in [0.2, 0.25) is 5.02 Å². The third-order valence-electron chi connectivity index (χ3n) is 2.65. The second-order valence-electron chi connectivity index (χ2n) is 4.19. The first kappa shape index (κ1) is 16.4. The molecule has 0 aliphatic rings. The number of rotatable bonds is 8. The SMILES string of the molecule is COCCNC(=O)CCNCc1ccc(C#N)cc1Cl. The number of nitrogens with zero attached hydrogens (tertiary/aromatic N) is 1. The van der Waals surface area contributed by atoms with Gasteiger partial charge in [-0.2, -0.15) is 5.26 Å². The number of halogens is 1. The predicted octanol–water partition coefficient (Wildman–Crippen LogP) is 1.45. The minimum absolute atomic E-state index is 0.0134. The Bertz CT molecular complexity index is 486. The van der Waals surface area contributed by atoms with Gasteiger partial charge in [-0.15, -0.1) is 0 Å². The standard InChI is InChI=1S/C14H18ClN3O2/c1-20-7-6-18-14(19)4-5-17-10-12-3-2-11(9-16)8-13(12)15/h2-3,8,17H,4-7,10H2,1H3,(H,18,19). The topological polar surface area (TPSA) is 74.2 Å². The third kappa shape index (κ3) is 6.02. The van der Waals surface area contributed by atoms with Crippen molar-refractivity contribution in [1.29, 1.82) is 5.26 Å². The Labute approximate surface area is 123 Å². The molecule has 1 amide bonds. The molecule has 0 fully saturated rings. The van der Waals surface area contributed by atoms with Crippen LogP contribution in [0.25, 0.3) is 0 Å². The first-order chi connectivity index (χ1) is 9.67. The Kier molecular flexibility index (Phi) is 7.66. The molecule has 5 nitrogen and oxygen atoms in total. The van der Waals surface area contributed by atoms with Crippen molar-refractivity contribution in [2.75, 3.05) is 26.8 Å². The van der Waals surface area contributed by atoms with E-state index in [1.54, 1.807) is 19.2 Å². The molecule has 1 aromatic carbocycles. The molecule has 1 rings (SSSR count). The van der Waals surface area contributed by atoms with Crippen LogP contribution in [0, 0.1) is 11.3 Å². The molecule has 6 heteroatoms. The van der Waals surface area contributed by atoms with Gasteiger partial charge in [-0.05, 0) is 17.7 Å². The summed E-state index contributed by atoms with van der Waals surface area (Å²) in [5, 5.41) is 15.2. The second-order valence-corrected chi connectivity index (χ2v) is 4.59. The molecule has 0 aliphatic carbocycles. The molecule has 108 valence electrons. The van der Waals surface area contributed by atoms with E-state index in [0.717, 1.165) is 5.56 Å². The normalized spacial score (nSPS) is 10.1. The summed E-state index contributed by atoms with van der Waals surface area (Å²) in [7, 11) is 1.59. The number of nitrogens with one attached hydrogen (secondary N) is 2. The van der Waals surface area contributed by atoms with Crippen LogP contribution in [0.15, 0.2) is 18.2 Å². The van der Waals surface area contributed by atoms with Gasteiger partial charge >= 0.3 is 0 Å². The van der Waals surface area contributed by atoms with Crippen LogP contribution >= 0.6 is 11.6 Å². The Morgan fingerprint density at radius 1 is 1.45 bits per heavy atom. The second kappa shape index (κ2) is 9.32. The zero-order valence-corrected chi connectivity index (χ0v) is 12.2. The van der Waals surface area contributed by atoms with Crippen molar-refractivity contribution in [3.8, 4) is 6.07 Å². The van der Waals surface area contributed by atoms with Crippen LogP contribution in [0.4, 0.5) is 0 Å². The van der Waals surface area contributed by atoms with Gasteiger partial charge in [-0.25, -0.2) is 0 Å². The number of carbonyl (C=O) groups is 1. The summed E-state index contributed by atoms with van der Waals surface area (Å²) in [6.45, 7) is 2.17. The van der Waals surface area contributed by atoms with Crippen molar-refractivity contribution < 1.29 is 9.53 Å². The highest BCUT2D eigenvalue weighted by molar-refractivity contribution is 6.31. The van der Waals surface area contributed by atoms with E-state index in [4.69, 9.17) is 21.6 Å². The maximum absolute atomic E-state index is 11.4. The molecule has 0 spiro atoms. The molecule has 0 aromatic heterocycles. The maximum atomic E-state index is 11.4. The molecule has 0 heterocycles. The van der Waals surface area contributed by atoms with Gasteiger partial charge in [0.25, 0.3) is 0 Å². The Morgan fingerprint density at radius 2 is 2.25 bits per heavy atom. The van der Waals surface area contributed by atoms with Gasteiger partial charge in [0.2, 0.25) is 5.91 Å². The summed E-state index contributed by atoms with van der Waals surface area (Å²) in [6, 6.07) is 7.20. The Morgan fingerprint density at radius 3 is 2.90 bits per heavy atom. The number of amides is 1. The molecule has 20 heavy (non-hydrogen) atoms. The molecule has 0 aliphatic heterocycles. The van der Waals surface area contributed by atoms with E-state index in [-0.39, 0.29) is 5.91 Å². The molecule has 1 aromatic rings. The zero-order valence-electron chi connectivity index (χ0n) is 11.4. The molecule has 0 atom stereocenters. The van der Waals surface area contributed by atoms with Crippen LogP contribution in [-0.2, 0) is 16.1 Å². The van der Waals surface area contributed by atoms with Crippen LogP contribution in [0.3, 0.4) is 0 Å². The largest absolute Gasteiger partial charge is 0.383 e. The molecule has 0 unspecified atom stereocenters. The van der Waals surface area contributed by atoms with Gasteiger partial charge in [-0.1, -0.05) is 17.7 Å². The molecule has 0 bridgehead atoms. The van der Waals surface area contributed by atoms with Crippen molar-refractivity contribution in [3.63, 3.8) is 0 Å². The quantitative estimate of drug-likeness (QED) is 0.712. The fourth-order valence-corrected chi connectivity index (χ4v) is 1.81. The van der Waals surface area contributed by atoms with E-state index in [1.165, 1.54) is 0 Å². The van der Waals surface area contributed by atoms with Crippen molar-refractivity contribution in [2.24, 2.45) is 0 Å². The number of methoxy groups -OCH3 is 1. The smallest absolute Gasteiger partial charge is 0.221 e. The lowest BCUT2D eigenvalue weighted by Gasteiger charge is -2.07. The molecular weight excluding hydrogens is 278 g/mol. The average Bonchev–Trinajstić information content (AvgIpc) is 2.45. The Balaban J connectivity index is 2.24. The lowest BCUT2D eigenvalue weighted by molar-refractivity contribution is -0.121. The molecule has 2 N–H and O–H groups in total. The highest BCUT2D eigenvalue weighted by Gasteiger charge is 2.03. The number of ether oxygens (including phenoxy) is 1. The first-order valence-electron chi connectivity index (χ1n) is 6.32. The van der Waals surface area contributed by atoms with Gasteiger partial charge in [-0.3, -0.25) is 4.79 Å². The molecule has 0 saturated heterocycles. The summed E-state index contributed by atoms with van der Waals surface area (Å²) in [5.74, 6) is -0.0134. The predicted molar refractivity (Wildman–Crippen MR) is 77.4 cm³/mol. The number of hydrogen-bond acceptors (Lipinski definition) is 4. The lowest BCUT2D eigenvalue weighted by atomic mass is 10.1. The van der Waals surface area contributed by atoms with Gasteiger partial charge in [0.1, 0.15) is 0 Å². The van der Waals surface area contributed by atoms with Crippen LogP contribution in [0.1, 0.15) is 17.5 Å². The van der Waals surface area contributed by atoms with Gasteiger partial charge in [0.15, 0.2) is 0 Å². The fraction of sp³-hybridized carbons (Fsp3) is 0.429. The van der Waals surface area contributed by atoms with E-state index < -0.39 is 0 Å². The van der Waals surface area contributed by atoms with E-state index >= 15 is 0 Å². The number of nitriles is 1. The highest BCUT2D eigenvalue weighted by atomic mass is 35.5. The molecular formula is C14H18ClN3O2. The monoisotopic (exact) mass is 295 g/mol. The van der Waals surface area contributed by atoms with E-state index in [9.17, 15) is 4.79 Å².